The first-order valence-corrected chi connectivity index (χ1v) is 5.30. The summed E-state index contributed by atoms with van der Waals surface area (Å²) in [5.41, 5.74) is -0.104. The third-order valence-corrected chi connectivity index (χ3v) is 3.98. The molecule has 1 aliphatic rings. The van der Waals surface area contributed by atoms with Crippen LogP contribution in [0.1, 0.15) is 12.8 Å². The number of methoxy groups -OCH3 is 1. The second kappa shape index (κ2) is 3.82. The molecule has 0 aromatic carbocycles. The van der Waals surface area contributed by atoms with E-state index in [2.05, 4.69) is 4.74 Å². The minimum atomic E-state index is -0.642. The molecule has 0 N–H and O–H groups in total. The molecule has 1 aliphatic heterocycles. The molecule has 0 aromatic heterocycles. The Hall–Kier alpha value is -0.430. The third-order valence-electron chi connectivity index (χ3n) is 1.75. The highest BCUT2D eigenvalue weighted by Gasteiger charge is 2.24. The first-order valence-electron chi connectivity index (χ1n) is 3.58. The molecule has 11 heavy (non-hydrogen) atoms. The van der Waals surface area contributed by atoms with Gasteiger partial charge in [-0.15, -0.1) is 0 Å². The minimum Gasteiger partial charge on any atom is -0.466 e. The summed E-state index contributed by atoms with van der Waals surface area (Å²) in [5, 5.41) is 0. The molecule has 4 heteroatoms. The van der Waals surface area contributed by atoms with Gasteiger partial charge in [-0.2, -0.15) is 0 Å². The van der Waals surface area contributed by atoms with E-state index in [1.807, 2.05) is 0 Å². The Morgan fingerprint density at radius 1 is 1.45 bits per heavy atom. The van der Waals surface area contributed by atoms with E-state index in [4.69, 9.17) is 0 Å². The van der Waals surface area contributed by atoms with Crippen molar-refractivity contribution in [2.45, 2.75) is 12.8 Å². The van der Waals surface area contributed by atoms with Crippen LogP contribution < -0.4 is 0 Å². The third kappa shape index (κ3) is 2.26. The largest absolute Gasteiger partial charge is 0.466 e. The molecule has 1 rings (SSSR count). The first kappa shape index (κ1) is 8.66. The molecule has 0 aliphatic carbocycles. The van der Waals surface area contributed by atoms with E-state index in [1.165, 1.54) is 7.11 Å². The summed E-state index contributed by atoms with van der Waals surface area (Å²) in [7, 11) is 0.762. The number of ketones is 1. The maximum Gasteiger partial charge on any atom is 0.325 e. The van der Waals surface area contributed by atoms with Crippen molar-refractivity contribution < 1.29 is 14.3 Å². The normalized spacial score (nSPS) is 19.9. The number of ether oxygens (including phenoxy) is 1. The second-order valence-corrected chi connectivity index (χ2v) is 4.83. The highest BCUT2D eigenvalue weighted by molar-refractivity contribution is 7.74. The first-order chi connectivity index (χ1) is 5.24. The topological polar surface area (TPSA) is 43.4 Å². The van der Waals surface area contributed by atoms with E-state index < -0.39 is 7.92 Å². The summed E-state index contributed by atoms with van der Waals surface area (Å²) in [6.07, 6.45) is 2.61. The number of carbonyl (C=O) groups excluding carboxylic acids is 2. The van der Waals surface area contributed by atoms with Crippen LogP contribution in [0.3, 0.4) is 0 Å². The van der Waals surface area contributed by atoms with Crippen molar-refractivity contribution in [3.63, 3.8) is 0 Å². The van der Waals surface area contributed by atoms with Gasteiger partial charge in [-0.05, 0) is 12.3 Å². The van der Waals surface area contributed by atoms with E-state index in [-0.39, 0.29) is 11.5 Å². The molecule has 62 valence electrons. The number of hydrogen-bond donors (Lipinski definition) is 0. The van der Waals surface area contributed by atoms with Gasteiger partial charge in [0.1, 0.15) is 5.78 Å². The average molecular weight is 174 g/mol. The lowest BCUT2D eigenvalue weighted by Gasteiger charge is -2.18. The van der Waals surface area contributed by atoms with E-state index in [0.717, 1.165) is 12.3 Å². The molecule has 1 fully saturated rings. The predicted octanol–water partition coefficient (Wildman–Crippen LogP) is 1.60. The number of rotatable bonds is 1. The quantitative estimate of drug-likeness (QED) is 0.567. The van der Waals surface area contributed by atoms with Gasteiger partial charge in [0.25, 0.3) is 0 Å². The minimum absolute atomic E-state index is 0.104. The highest BCUT2D eigenvalue weighted by Crippen LogP contribution is 2.41. The zero-order valence-corrected chi connectivity index (χ0v) is 7.39. The lowest BCUT2D eigenvalue weighted by Crippen LogP contribution is -2.14. The van der Waals surface area contributed by atoms with Crippen LogP contribution in [0.4, 0.5) is 4.79 Å². The summed E-state index contributed by atoms with van der Waals surface area (Å²) in [4.78, 5) is 21.7. The number of carbonyl (C=O) groups is 2. The fourth-order valence-electron chi connectivity index (χ4n) is 1.07. The Bertz CT molecular complexity index is 169. The lowest BCUT2D eigenvalue weighted by molar-refractivity contribution is -0.118. The highest BCUT2D eigenvalue weighted by atomic mass is 31.1. The second-order valence-electron chi connectivity index (χ2n) is 2.50. The summed E-state index contributed by atoms with van der Waals surface area (Å²) < 4.78 is 4.60. The molecule has 0 unspecified atom stereocenters. The van der Waals surface area contributed by atoms with Crippen LogP contribution >= 0.6 is 7.92 Å². The average Bonchev–Trinajstić information content (AvgIpc) is 2.05. The molecule has 1 saturated heterocycles. The van der Waals surface area contributed by atoms with Crippen molar-refractivity contribution in [3.8, 4) is 0 Å². The fourth-order valence-corrected chi connectivity index (χ4v) is 2.95. The smallest absolute Gasteiger partial charge is 0.325 e. The van der Waals surface area contributed by atoms with Crippen molar-refractivity contribution in [1.82, 2.24) is 0 Å². The van der Waals surface area contributed by atoms with Crippen molar-refractivity contribution >= 4 is 19.4 Å². The Balaban J connectivity index is 2.39. The zero-order chi connectivity index (χ0) is 8.27. The SMILES string of the molecule is COC(=O)P1CCC(=O)CC1. The van der Waals surface area contributed by atoms with Crippen molar-refractivity contribution in [2.75, 3.05) is 19.4 Å². The van der Waals surface area contributed by atoms with Gasteiger partial charge in [0.2, 0.25) is 0 Å². The van der Waals surface area contributed by atoms with Crippen LogP contribution in [0, 0.1) is 0 Å². The fraction of sp³-hybridized carbons (Fsp3) is 0.714. The van der Waals surface area contributed by atoms with Gasteiger partial charge in [0.05, 0.1) is 7.11 Å². The van der Waals surface area contributed by atoms with Gasteiger partial charge in [-0.1, -0.05) is 0 Å². The molecule has 0 amide bonds. The molecule has 3 nitrogen and oxygen atoms in total. The van der Waals surface area contributed by atoms with Crippen LogP contribution in [0.15, 0.2) is 0 Å². The van der Waals surface area contributed by atoms with Gasteiger partial charge in [-0.25, -0.2) is 4.79 Å². The van der Waals surface area contributed by atoms with E-state index >= 15 is 0 Å². The molecule has 0 radical (unpaired) electrons. The van der Waals surface area contributed by atoms with E-state index in [9.17, 15) is 9.59 Å². The Labute approximate surface area is 66.9 Å². The van der Waals surface area contributed by atoms with Crippen molar-refractivity contribution in [2.24, 2.45) is 0 Å². The van der Waals surface area contributed by atoms with Crippen molar-refractivity contribution in [1.29, 1.82) is 0 Å². The summed E-state index contributed by atoms with van der Waals surface area (Å²) in [5.74, 6) is 0.285. The van der Waals surface area contributed by atoms with Crippen LogP contribution in [-0.2, 0) is 9.53 Å². The molecular formula is C7H11O3P. The molecule has 0 atom stereocenters. The molecule has 0 bridgehead atoms. The Morgan fingerprint density at radius 2 is 2.00 bits per heavy atom. The van der Waals surface area contributed by atoms with Crippen LogP contribution in [0.25, 0.3) is 0 Å². The van der Waals surface area contributed by atoms with Crippen LogP contribution in [0.2, 0.25) is 0 Å². The molecule has 0 spiro atoms. The van der Waals surface area contributed by atoms with E-state index in [0.29, 0.717) is 12.8 Å². The summed E-state index contributed by atoms with van der Waals surface area (Å²) in [6, 6.07) is 0. The maximum absolute atomic E-state index is 11.0. The number of Topliss-reactive ketones (excluding diaryl/α,β-unsaturated/α-hetero) is 1. The summed E-state index contributed by atoms with van der Waals surface area (Å²) >= 11 is 0. The van der Waals surface area contributed by atoms with Gasteiger partial charge >= 0.3 is 5.71 Å². The summed E-state index contributed by atoms with van der Waals surface area (Å²) in [6.45, 7) is 0. The molecule has 0 saturated carbocycles. The lowest BCUT2D eigenvalue weighted by atomic mass is 10.2. The van der Waals surface area contributed by atoms with Gasteiger partial charge in [0, 0.05) is 20.8 Å². The predicted molar refractivity (Wildman–Crippen MR) is 43.3 cm³/mol. The Kier molecular flexibility index (Phi) is 3.01. The van der Waals surface area contributed by atoms with Gasteiger partial charge in [0.15, 0.2) is 0 Å². The Morgan fingerprint density at radius 3 is 2.45 bits per heavy atom. The van der Waals surface area contributed by atoms with Crippen LogP contribution in [0.5, 0.6) is 0 Å². The maximum atomic E-state index is 11.0. The zero-order valence-electron chi connectivity index (χ0n) is 6.50. The van der Waals surface area contributed by atoms with Crippen LogP contribution in [-0.4, -0.2) is 30.9 Å². The monoisotopic (exact) mass is 174 g/mol. The number of hydrogen-bond acceptors (Lipinski definition) is 3. The molecule has 1 heterocycles. The van der Waals surface area contributed by atoms with Gasteiger partial charge < -0.3 is 4.74 Å². The van der Waals surface area contributed by atoms with Gasteiger partial charge in [-0.3, -0.25) is 4.79 Å². The van der Waals surface area contributed by atoms with E-state index in [1.54, 1.807) is 0 Å². The molecular weight excluding hydrogens is 163 g/mol. The van der Waals surface area contributed by atoms with Crippen molar-refractivity contribution in [3.05, 3.63) is 0 Å². The molecule has 0 aromatic rings. The standard InChI is InChI=1S/C7H11O3P/c1-10-7(9)11-4-2-6(8)3-5-11/h2-5H2,1H3.